The van der Waals surface area contributed by atoms with Gasteiger partial charge in [0.25, 0.3) is 0 Å². The lowest BCUT2D eigenvalue weighted by molar-refractivity contribution is 0.235. The molecule has 2 N–H and O–H groups in total. The zero-order valence-corrected chi connectivity index (χ0v) is 14.2. The maximum atomic E-state index is 12.0. The van der Waals surface area contributed by atoms with Crippen molar-refractivity contribution in [3.05, 3.63) is 35.4 Å². The predicted molar refractivity (Wildman–Crippen MR) is 87.8 cm³/mol. The molecule has 5 nitrogen and oxygen atoms in total. The Labute approximate surface area is 132 Å². The summed E-state index contributed by atoms with van der Waals surface area (Å²) in [5.41, 5.74) is 2.19. The monoisotopic (exact) mass is 324 g/mol. The molecule has 0 aliphatic carbocycles. The number of aryl methyl sites for hydroxylation is 1. The van der Waals surface area contributed by atoms with E-state index < -0.39 is 9.84 Å². The lowest BCUT2D eigenvalue weighted by atomic mass is 9.82. The van der Waals surface area contributed by atoms with Crippen LogP contribution in [0.5, 0.6) is 0 Å². The van der Waals surface area contributed by atoms with E-state index in [1.165, 1.54) is 11.1 Å². The number of hydrogen-bond donors (Lipinski definition) is 2. The van der Waals surface area contributed by atoms with Crippen molar-refractivity contribution in [3.8, 4) is 0 Å². The summed E-state index contributed by atoms with van der Waals surface area (Å²) in [5.74, 6) is 0.203. The van der Waals surface area contributed by atoms with Crippen molar-refractivity contribution in [2.75, 3.05) is 18.1 Å². The highest BCUT2D eigenvalue weighted by Crippen LogP contribution is 2.25. The third-order valence-corrected chi connectivity index (χ3v) is 5.90. The van der Waals surface area contributed by atoms with Gasteiger partial charge in [0, 0.05) is 18.0 Å². The van der Waals surface area contributed by atoms with Crippen LogP contribution in [0, 0.1) is 6.92 Å². The number of urea groups is 1. The van der Waals surface area contributed by atoms with Gasteiger partial charge >= 0.3 is 6.03 Å². The molecule has 1 aliphatic rings. The summed E-state index contributed by atoms with van der Waals surface area (Å²) in [6.07, 6.45) is 0.497. The zero-order valence-electron chi connectivity index (χ0n) is 13.3. The van der Waals surface area contributed by atoms with Crippen LogP contribution >= 0.6 is 0 Å². The van der Waals surface area contributed by atoms with E-state index in [2.05, 4.69) is 43.5 Å². The van der Waals surface area contributed by atoms with E-state index in [4.69, 9.17) is 0 Å². The van der Waals surface area contributed by atoms with Crippen LogP contribution in [0.15, 0.2) is 24.3 Å². The topological polar surface area (TPSA) is 75.3 Å². The van der Waals surface area contributed by atoms with Crippen molar-refractivity contribution in [3.63, 3.8) is 0 Å². The van der Waals surface area contributed by atoms with Gasteiger partial charge in [0.05, 0.1) is 11.5 Å². The highest BCUT2D eigenvalue weighted by Gasteiger charge is 2.29. The van der Waals surface area contributed by atoms with Crippen molar-refractivity contribution in [2.45, 2.75) is 38.6 Å². The molecule has 0 radical (unpaired) electrons. The second-order valence-corrected chi connectivity index (χ2v) is 8.85. The first kappa shape index (κ1) is 16.8. The van der Waals surface area contributed by atoms with Gasteiger partial charge in [0.1, 0.15) is 0 Å². The van der Waals surface area contributed by atoms with Gasteiger partial charge in [-0.2, -0.15) is 0 Å². The Morgan fingerprint density at radius 1 is 1.32 bits per heavy atom. The maximum absolute atomic E-state index is 12.0. The summed E-state index contributed by atoms with van der Waals surface area (Å²) >= 11 is 0. The fraction of sp³-hybridized carbons (Fsp3) is 0.562. The summed E-state index contributed by atoms with van der Waals surface area (Å²) in [5, 5.41) is 5.60. The van der Waals surface area contributed by atoms with Crippen molar-refractivity contribution in [2.24, 2.45) is 0 Å². The predicted octanol–water partition coefficient (Wildman–Crippen LogP) is 1.76. The molecule has 1 aromatic rings. The Morgan fingerprint density at radius 2 is 2.00 bits per heavy atom. The Balaban J connectivity index is 1.89. The SMILES string of the molecule is Cc1ccccc1C(C)(C)CNC(=O)N[C@H]1CCS(=O)(=O)C1. The van der Waals surface area contributed by atoms with Crippen molar-refractivity contribution >= 4 is 15.9 Å². The Kier molecular flexibility index (Phi) is 4.80. The van der Waals surface area contributed by atoms with E-state index in [0.29, 0.717) is 13.0 Å². The van der Waals surface area contributed by atoms with Gasteiger partial charge in [-0.15, -0.1) is 0 Å². The number of amides is 2. The van der Waals surface area contributed by atoms with E-state index >= 15 is 0 Å². The van der Waals surface area contributed by atoms with Gasteiger partial charge in [-0.25, -0.2) is 13.2 Å². The number of carbonyl (C=O) groups is 1. The molecule has 0 unspecified atom stereocenters. The Morgan fingerprint density at radius 3 is 2.59 bits per heavy atom. The summed E-state index contributed by atoms with van der Waals surface area (Å²) in [7, 11) is -2.98. The van der Waals surface area contributed by atoms with E-state index in [-0.39, 0.29) is 29.0 Å². The minimum atomic E-state index is -2.98. The average molecular weight is 324 g/mol. The number of nitrogens with one attached hydrogen (secondary N) is 2. The van der Waals surface area contributed by atoms with E-state index in [0.717, 1.165) is 0 Å². The third kappa shape index (κ3) is 4.22. The number of hydrogen-bond acceptors (Lipinski definition) is 3. The van der Waals surface area contributed by atoms with E-state index in [1.54, 1.807) is 0 Å². The van der Waals surface area contributed by atoms with E-state index in [1.807, 2.05) is 12.1 Å². The molecule has 6 heteroatoms. The van der Waals surface area contributed by atoms with Gasteiger partial charge in [0.15, 0.2) is 9.84 Å². The summed E-state index contributed by atoms with van der Waals surface area (Å²) in [4.78, 5) is 12.0. The van der Waals surface area contributed by atoms with Crippen molar-refractivity contribution < 1.29 is 13.2 Å². The molecule has 2 rings (SSSR count). The first-order valence-electron chi connectivity index (χ1n) is 7.50. The molecule has 2 amide bonds. The molecule has 1 aromatic carbocycles. The maximum Gasteiger partial charge on any atom is 0.315 e. The van der Waals surface area contributed by atoms with Crippen LogP contribution in [0.4, 0.5) is 4.79 Å². The molecular weight excluding hydrogens is 300 g/mol. The smallest absolute Gasteiger partial charge is 0.315 e. The Hall–Kier alpha value is -1.56. The van der Waals surface area contributed by atoms with Crippen LogP contribution in [0.1, 0.15) is 31.4 Å². The summed E-state index contributed by atoms with van der Waals surface area (Å²) < 4.78 is 22.8. The normalized spacial score (nSPS) is 20.6. The average Bonchev–Trinajstić information content (AvgIpc) is 2.76. The lowest BCUT2D eigenvalue weighted by Gasteiger charge is -2.27. The first-order chi connectivity index (χ1) is 10.2. The molecule has 1 atom stereocenters. The van der Waals surface area contributed by atoms with Crippen molar-refractivity contribution in [1.82, 2.24) is 10.6 Å². The fourth-order valence-electron chi connectivity index (χ4n) is 2.87. The molecule has 1 saturated heterocycles. The molecule has 0 bridgehead atoms. The van der Waals surface area contributed by atoms with Crippen molar-refractivity contribution in [1.29, 1.82) is 0 Å². The van der Waals surface area contributed by atoms with Gasteiger partial charge in [0.2, 0.25) is 0 Å². The molecular formula is C16H24N2O3S. The minimum absolute atomic E-state index is 0.0433. The van der Waals surface area contributed by atoms with Gasteiger partial charge < -0.3 is 10.6 Å². The summed E-state index contributed by atoms with van der Waals surface area (Å²) in [6, 6.07) is 7.54. The van der Waals surface area contributed by atoms with Crippen LogP contribution < -0.4 is 10.6 Å². The molecule has 1 aliphatic heterocycles. The van der Waals surface area contributed by atoms with Crippen LogP contribution in [0.2, 0.25) is 0 Å². The highest BCUT2D eigenvalue weighted by atomic mass is 32.2. The third-order valence-electron chi connectivity index (χ3n) is 4.13. The van der Waals surface area contributed by atoms with Gasteiger partial charge in [-0.3, -0.25) is 0 Å². The lowest BCUT2D eigenvalue weighted by Crippen LogP contribution is -2.46. The van der Waals surface area contributed by atoms with Gasteiger partial charge in [-0.05, 0) is 24.5 Å². The molecule has 122 valence electrons. The fourth-order valence-corrected chi connectivity index (χ4v) is 4.55. The van der Waals surface area contributed by atoms with Crippen LogP contribution in [-0.4, -0.2) is 38.5 Å². The minimum Gasteiger partial charge on any atom is -0.337 e. The first-order valence-corrected chi connectivity index (χ1v) is 9.33. The molecule has 22 heavy (non-hydrogen) atoms. The van der Waals surface area contributed by atoms with E-state index in [9.17, 15) is 13.2 Å². The molecule has 1 fully saturated rings. The molecule has 0 saturated carbocycles. The number of carbonyl (C=O) groups excluding carboxylic acids is 1. The van der Waals surface area contributed by atoms with Crippen LogP contribution in [0.25, 0.3) is 0 Å². The summed E-state index contributed by atoms with van der Waals surface area (Å²) in [6.45, 7) is 6.70. The van der Waals surface area contributed by atoms with Gasteiger partial charge in [-0.1, -0.05) is 38.1 Å². The highest BCUT2D eigenvalue weighted by molar-refractivity contribution is 7.91. The molecule has 0 spiro atoms. The molecule has 1 heterocycles. The standard InChI is InChI=1S/C16H24N2O3S/c1-12-6-4-5-7-14(12)16(2,3)11-17-15(19)18-13-8-9-22(20,21)10-13/h4-7,13H,8-11H2,1-3H3,(H2,17,18,19)/t13-/m0/s1. The quantitative estimate of drug-likeness (QED) is 0.886. The number of benzene rings is 1. The second kappa shape index (κ2) is 6.28. The number of sulfone groups is 1. The Bertz CT molecular complexity index is 653. The zero-order chi connectivity index (χ0) is 16.4. The van der Waals surface area contributed by atoms with Crippen LogP contribution in [-0.2, 0) is 15.3 Å². The second-order valence-electron chi connectivity index (χ2n) is 6.63. The molecule has 0 aromatic heterocycles. The number of rotatable bonds is 4. The largest absolute Gasteiger partial charge is 0.337 e. The van der Waals surface area contributed by atoms with Crippen LogP contribution in [0.3, 0.4) is 0 Å².